The van der Waals surface area contributed by atoms with Crippen LogP contribution in [0.5, 0.6) is 0 Å². The molecule has 0 saturated carbocycles. The van der Waals surface area contributed by atoms with E-state index in [0.29, 0.717) is 12.6 Å². The van der Waals surface area contributed by atoms with Crippen LogP contribution in [0, 0.1) is 12.3 Å². The number of hydrogen-bond acceptors (Lipinski definition) is 2. The molecule has 0 heterocycles. The molecule has 0 aliphatic heterocycles. The van der Waals surface area contributed by atoms with Crippen LogP contribution in [0.15, 0.2) is 0 Å². The molecule has 0 bridgehead atoms. The highest BCUT2D eigenvalue weighted by Gasteiger charge is 1.98. The van der Waals surface area contributed by atoms with Gasteiger partial charge < -0.3 is 0 Å². The molecule has 0 aliphatic carbocycles. The van der Waals surface area contributed by atoms with Crippen LogP contribution < -0.4 is 5.84 Å². The van der Waals surface area contributed by atoms with Crippen LogP contribution in [0.2, 0.25) is 0 Å². The van der Waals surface area contributed by atoms with Crippen molar-refractivity contribution < 1.29 is 0 Å². The van der Waals surface area contributed by atoms with E-state index in [4.69, 9.17) is 12.3 Å². The van der Waals surface area contributed by atoms with Gasteiger partial charge >= 0.3 is 0 Å². The summed E-state index contributed by atoms with van der Waals surface area (Å²) in [6.45, 7) is 4.52. The molecule has 2 N–H and O–H groups in total. The molecule has 0 aromatic rings. The standard InChI is InChI=1S/C6H12N2/c1-4-5-8(7)6(2)3/h1,6H,5,7H2,2-3H3. The Kier molecular flexibility index (Phi) is 3.25. The molecule has 0 unspecified atom stereocenters. The van der Waals surface area contributed by atoms with E-state index in [1.165, 1.54) is 0 Å². The van der Waals surface area contributed by atoms with Gasteiger partial charge in [0.25, 0.3) is 0 Å². The summed E-state index contributed by atoms with van der Waals surface area (Å²) in [5.74, 6) is 7.87. The lowest BCUT2D eigenvalue weighted by molar-refractivity contribution is 0.258. The zero-order valence-corrected chi connectivity index (χ0v) is 5.39. The summed E-state index contributed by atoms with van der Waals surface area (Å²) < 4.78 is 0. The molecule has 2 heteroatoms. The zero-order chi connectivity index (χ0) is 6.57. The number of hydrazine groups is 1. The minimum Gasteiger partial charge on any atom is -0.268 e. The average molecular weight is 112 g/mol. The van der Waals surface area contributed by atoms with Crippen molar-refractivity contribution in [1.29, 1.82) is 0 Å². The van der Waals surface area contributed by atoms with Crippen LogP contribution >= 0.6 is 0 Å². The van der Waals surface area contributed by atoms with E-state index < -0.39 is 0 Å². The highest BCUT2D eigenvalue weighted by Crippen LogP contribution is 1.85. The van der Waals surface area contributed by atoms with Gasteiger partial charge in [-0.1, -0.05) is 5.92 Å². The number of nitrogens with two attached hydrogens (primary N) is 1. The lowest BCUT2D eigenvalue weighted by atomic mass is 10.4. The second-order valence-electron chi connectivity index (χ2n) is 1.97. The lowest BCUT2D eigenvalue weighted by Gasteiger charge is -2.16. The number of terminal acetylenes is 1. The number of hydrogen-bond donors (Lipinski definition) is 1. The second kappa shape index (κ2) is 3.48. The van der Waals surface area contributed by atoms with Gasteiger partial charge in [-0.15, -0.1) is 6.42 Å². The lowest BCUT2D eigenvalue weighted by Crippen LogP contribution is -2.37. The van der Waals surface area contributed by atoms with Crippen molar-refractivity contribution in [2.75, 3.05) is 6.54 Å². The van der Waals surface area contributed by atoms with Crippen molar-refractivity contribution in [3.05, 3.63) is 0 Å². The third-order valence-corrected chi connectivity index (χ3v) is 0.937. The SMILES string of the molecule is C#CCN(N)C(C)C. The molecule has 0 radical (unpaired) electrons. The normalized spacial score (nSPS) is 10.0. The highest BCUT2D eigenvalue weighted by atomic mass is 15.4. The summed E-state index contributed by atoms with van der Waals surface area (Å²) in [7, 11) is 0. The Morgan fingerprint density at radius 1 is 1.75 bits per heavy atom. The first-order chi connectivity index (χ1) is 3.68. The highest BCUT2D eigenvalue weighted by molar-refractivity contribution is 4.87. The first kappa shape index (κ1) is 7.48. The Morgan fingerprint density at radius 2 is 2.25 bits per heavy atom. The van der Waals surface area contributed by atoms with E-state index in [1.54, 1.807) is 5.01 Å². The van der Waals surface area contributed by atoms with E-state index >= 15 is 0 Å². The van der Waals surface area contributed by atoms with Crippen LogP contribution in [0.4, 0.5) is 0 Å². The van der Waals surface area contributed by atoms with E-state index in [0.717, 1.165) is 0 Å². The summed E-state index contributed by atoms with van der Waals surface area (Å²) in [6.07, 6.45) is 5.00. The molecule has 0 amide bonds. The molecule has 2 nitrogen and oxygen atoms in total. The van der Waals surface area contributed by atoms with Gasteiger partial charge in [-0.25, -0.2) is 5.01 Å². The molecule has 0 rings (SSSR count). The van der Waals surface area contributed by atoms with Gasteiger partial charge in [0.2, 0.25) is 0 Å². The van der Waals surface area contributed by atoms with Gasteiger partial charge in [-0.05, 0) is 13.8 Å². The van der Waals surface area contributed by atoms with E-state index in [9.17, 15) is 0 Å². The minimum atomic E-state index is 0.339. The second-order valence-corrected chi connectivity index (χ2v) is 1.97. The molecule has 0 fully saturated rings. The van der Waals surface area contributed by atoms with Gasteiger partial charge in [0.1, 0.15) is 0 Å². The maximum absolute atomic E-state index is 5.42. The Balaban J connectivity index is 3.35. The summed E-state index contributed by atoms with van der Waals surface area (Å²) in [4.78, 5) is 0. The number of nitrogens with zero attached hydrogens (tertiary/aromatic N) is 1. The van der Waals surface area contributed by atoms with Gasteiger partial charge in [-0.3, -0.25) is 5.84 Å². The van der Waals surface area contributed by atoms with Crippen LogP contribution in [-0.4, -0.2) is 17.6 Å². The summed E-state index contributed by atoms with van der Waals surface area (Å²) >= 11 is 0. The van der Waals surface area contributed by atoms with Crippen LogP contribution in [0.25, 0.3) is 0 Å². The molecule has 0 saturated heterocycles. The van der Waals surface area contributed by atoms with Crippen LogP contribution in [0.1, 0.15) is 13.8 Å². The first-order valence-electron chi connectivity index (χ1n) is 2.63. The van der Waals surface area contributed by atoms with Gasteiger partial charge in [0, 0.05) is 6.04 Å². The fraction of sp³-hybridized carbons (Fsp3) is 0.667. The largest absolute Gasteiger partial charge is 0.268 e. The number of rotatable bonds is 2. The Labute approximate surface area is 50.6 Å². The van der Waals surface area contributed by atoms with Crippen molar-refractivity contribution >= 4 is 0 Å². The predicted octanol–water partition coefficient (Wildman–Crippen LogP) is 0.204. The third kappa shape index (κ3) is 2.62. The van der Waals surface area contributed by atoms with E-state index in [1.807, 2.05) is 13.8 Å². The maximum Gasteiger partial charge on any atom is 0.0740 e. The summed E-state index contributed by atoms with van der Waals surface area (Å²) in [5.41, 5.74) is 0. The molecule has 0 atom stereocenters. The topological polar surface area (TPSA) is 29.3 Å². The maximum atomic E-state index is 5.42. The van der Waals surface area contributed by atoms with E-state index in [2.05, 4.69) is 5.92 Å². The Morgan fingerprint density at radius 3 is 2.38 bits per heavy atom. The monoisotopic (exact) mass is 112 g/mol. The van der Waals surface area contributed by atoms with Gasteiger partial charge in [-0.2, -0.15) is 0 Å². The minimum absolute atomic E-state index is 0.339. The molecule has 0 aromatic heterocycles. The van der Waals surface area contributed by atoms with E-state index in [-0.39, 0.29) is 0 Å². The first-order valence-corrected chi connectivity index (χ1v) is 2.63. The van der Waals surface area contributed by atoms with Crippen LogP contribution in [0.3, 0.4) is 0 Å². The average Bonchev–Trinajstić information content (AvgIpc) is 1.67. The Bertz CT molecular complexity index is 91.2. The third-order valence-electron chi connectivity index (χ3n) is 0.937. The molecule has 0 aliphatic rings. The van der Waals surface area contributed by atoms with Crippen molar-refractivity contribution in [1.82, 2.24) is 5.01 Å². The molecule has 8 heavy (non-hydrogen) atoms. The van der Waals surface area contributed by atoms with Crippen LogP contribution in [-0.2, 0) is 0 Å². The van der Waals surface area contributed by atoms with Crippen molar-refractivity contribution in [2.24, 2.45) is 5.84 Å². The zero-order valence-electron chi connectivity index (χ0n) is 5.39. The predicted molar refractivity (Wildman–Crippen MR) is 34.9 cm³/mol. The molecule has 0 spiro atoms. The molecule has 46 valence electrons. The van der Waals surface area contributed by atoms with Crippen molar-refractivity contribution in [2.45, 2.75) is 19.9 Å². The van der Waals surface area contributed by atoms with Crippen molar-refractivity contribution in [3.8, 4) is 12.3 Å². The molecule has 0 aromatic carbocycles. The molecular weight excluding hydrogens is 100 g/mol. The Hall–Kier alpha value is -0.520. The van der Waals surface area contributed by atoms with Gasteiger partial charge in [0.15, 0.2) is 0 Å². The fourth-order valence-electron chi connectivity index (χ4n) is 0.288. The fourth-order valence-corrected chi connectivity index (χ4v) is 0.288. The summed E-state index contributed by atoms with van der Waals surface area (Å²) in [5, 5.41) is 1.61. The molecular formula is C6H12N2. The summed E-state index contributed by atoms with van der Waals surface area (Å²) in [6, 6.07) is 0.339. The van der Waals surface area contributed by atoms with Gasteiger partial charge in [0.05, 0.1) is 6.54 Å². The quantitative estimate of drug-likeness (QED) is 0.314. The van der Waals surface area contributed by atoms with Crippen molar-refractivity contribution in [3.63, 3.8) is 0 Å². The smallest absolute Gasteiger partial charge is 0.0740 e.